The van der Waals surface area contributed by atoms with Gasteiger partial charge in [-0.2, -0.15) is 4.72 Å². The average molecular weight is 239 g/mol. The number of ether oxygens (including phenoxy) is 1. The highest BCUT2D eigenvalue weighted by atomic mass is 32.2. The van der Waals surface area contributed by atoms with Gasteiger partial charge in [-0.1, -0.05) is 13.3 Å². The van der Waals surface area contributed by atoms with Gasteiger partial charge in [-0.3, -0.25) is 4.79 Å². The van der Waals surface area contributed by atoms with Gasteiger partial charge in [-0.15, -0.1) is 0 Å². The second-order valence-electron chi connectivity index (χ2n) is 3.05. The summed E-state index contributed by atoms with van der Waals surface area (Å²) in [5.41, 5.74) is 0. The first-order valence-electron chi connectivity index (χ1n) is 4.65. The van der Waals surface area contributed by atoms with Crippen LogP contribution in [0.15, 0.2) is 0 Å². The van der Waals surface area contributed by atoms with Crippen LogP contribution in [0.3, 0.4) is 0 Å². The van der Waals surface area contributed by atoms with Gasteiger partial charge in [0.15, 0.2) is 0 Å². The molecule has 0 radical (unpaired) electrons. The zero-order valence-corrected chi connectivity index (χ0v) is 9.71. The number of nitrogens with one attached hydrogen (secondary N) is 1. The molecule has 0 aliphatic rings. The smallest absolute Gasteiger partial charge is 0.326 e. The molecule has 90 valence electrons. The molecule has 0 saturated heterocycles. The lowest BCUT2D eigenvalue weighted by molar-refractivity contribution is -0.143. The Morgan fingerprint density at radius 3 is 2.53 bits per heavy atom. The molecule has 7 heteroatoms. The van der Waals surface area contributed by atoms with Crippen LogP contribution >= 0.6 is 0 Å². The minimum Gasteiger partial charge on any atom is -0.468 e. The second-order valence-corrected chi connectivity index (χ2v) is 4.92. The molecule has 0 unspecified atom stereocenters. The molecule has 0 aliphatic heterocycles. The molecule has 0 bridgehead atoms. The van der Waals surface area contributed by atoms with E-state index in [2.05, 4.69) is 9.46 Å². The van der Waals surface area contributed by atoms with E-state index < -0.39 is 28.6 Å². The Bertz CT molecular complexity index is 287. The van der Waals surface area contributed by atoms with Crippen LogP contribution in [0.1, 0.15) is 19.8 Å². The van der Waals surface area contributed by atoms with Crippen LogP contribution < -0.4 is 4.72 Å². The Labute approximate surface area is 89.7 Å². The van der Waals surface area contributed by atoms with Crippen LogP contribution in [-0.2, 0) is 19.6 Å². The zero-order valence-electron chi connectivity index (χ0n) is 8.89. The van der Waals surface area contributed by atoms with Crippen molar-refractivity contribution in [2.75, 3.05) is 19.5 Å². The predicted octanol–water partition coefficient (Wildman–Crippen LogP) is -0.760. The summed E-state index contributed by atoms with van der Waals surface area (Å²) >= 11 is 0. The third-order valence-corrected chi connectivity index (χ3v) is 3.23. The quantitative estimate of drug-likeness (QED) is 0.570. The molecular formula is C8H17NO5S. The number of sulfonamides is 1. The van der Waals surface area contributed by atoms with Gasteiger partial charge >= 0.3 is 5.97 Å². The largest absolute Gasteiger partial charge is 0.468 e. The van der Waals surface area contributed by atoms with Crippen molar-refractivity contribution in [1.29, 1.82) is 0 Å². The highest BCUT2D eigenvalue weighted by Crippen LogP contribution is 1.97. The summed E-state index contributed by atoms with van der Waals surface area (Å²) in [5.74, 6) is -0.852. The zero-order chi connectivity index (χ0) is 11.9. The summed E-state index contributed by atoms with van der Waals surface area (Å²) in [6.07, 6.45) is 1.25. The Morgan fingerprint density at radius 1 is 1.53 bits per heavy atom. The molecule has 0 heterocycles. The van der Waals surface area contributed by atoms with Gasteiger partial charge in [-0.25, -0.2) is 8.42 Å². The van der Waals surface area contributed by atoms with Gasteiger partial charge in [0.05, 0.1) is 19.5 Å². The number of esters is 1. The lowest BCUT2D eigenvalue weighted by atomic mass is 10.3. The van der Waals surface area contributed by atoms with Crippen molar-refractivity contribution < 1.29 is 23.1 Å². The molecule has 2 N–H and O–H groups in total. The molecular weight excluding hydrogens is 222 g/mol. The van der Waals surface area contributed by atoms with Crippen LogP contribution in [0.2, 0.25) is 0 Å². The Balaban J connectivity index is 4.34. The molecule has 1 atom stereocenters. The highest BCUT2D eigenvalue weighted by molar-refractivity contribution is 7.89. The number of rotatable bonds is 7. The highest BCUT2D eigenvalue weighted by Gasteiger charge is 2.23. The van der Waals surface area contributed by atoms with Gasteiger partial charge in [0, 0.05) is 0 Å². The number of aliphatic hydroxyl groups is 1. The normalized spacial score (nSPS) is 13.5. The first-order valence-corrected chi connectivity index (χ1v) is 6.30. The van der Waals surface area contributed by atoms with Gasteiger partial charge in [-0.05, 0) is 6.42 Å². The lowest BCUT2D eigenvalue weighted by Crippen LogP contribution is -2.44. The average Bonchev–Trinajstić information content (AvgIpc) is 2.22. The van der Waals surface area contributed by atoms with Gasteiger partial charge < -0.3 is 9.84 Å². The maximum atomic E-state index is 11.3. The lowest BCUT2D eigenvalue weighted by Gasteiger charge is -2.13. The van der Waals surface area contributed by atoms with Crippen molar-refractivity contribution in [2.45, 2.75) is 25.8 Å². The minimum atomic E-state index is -3.52. The molecule has 0 aromatic rings. The van der Waals surface area contributed by atoms with E-state index in [1.54, 1.807) is 0 Å². The van der Waals surface area contributed by atoms with Crippen molar-refractivity contribution in [3.8, 4) is 0 Å². The minimum absolute atomic E-state index is 0.0585. The van der Waals surface area contributed by atoms with E-state index in [0.29, 0.717) is 6.42 Å². The van der Waals surface area contributed by atoms with Crippen molar-refractivity contribution in [3.63, 3.8) is 0 Å². The fourth-order valence-corrected chi connectivity index (χ4v) is 2.30. The molecule has 0 amide bonds. The molecule has 0 saturated carbocycles. The van der Waals surface area contributed by atoms with Crippen LogP contribution in [0.5, 0.6) is 0 Å². The maximum absolute atomic E-state index is 11.3. The summed E-state index contributed by atoms with van der Waals surface area (Å²) in [7, 11) is -2.39. The Hall–Kier alpha value is -0.660. The van der Waals surface area contributed by atoms with E-state index in [1.165, 1.54) is 0 Å². The number of carbonyl (C=O) groups is 1. The third-order valence-electron chi connectivity index (χ3n) is 1.76. The number of aliphatic hydroxyl groups excluding tert-OH is 1. The molecule has 0 rings (SSSR count). The Morgan fingerprint density at radius 2 is 2.13 bits per heavy atom. The van der Waals surface area contributed by atoms with Crippen molar-refractivity contribution in [1.82, 2.24) is 4.72 Å². The monoisotopic (exact) mass is 239 g/mol. The fourth-order valence-electron chi connectivity index (χ4n) is 0.912. The molecule has 6 nitrogen and oxygen atoms in total. The van der Waals surface area contributed by atoms with Crippen LogP contribution in [-0.4, -0.2) is 45.0 Å². The van der Waals surface area contributed by atoms with Crippen molar-refractivity contribution in [2.24, 2.45) is 0 Å². The van der Waals surface area contributed by atoms with E-state index in [1.807, 2.05) is 6.92 Å². The number of hydrogen-bond acceptors (Lipinski definition) is 5. The first kappa shape index (κ1) is 14.3. The number of hydrogen-bond donors (Lipinski definition) is 2. The van der Waals surface area contributed by atoms with Crippen molar-refractivity contribution in [3.05, 3.63) is 0 Å². The number of methoxy groups -OCH3 is 1. The third kappa shape index (κ3) is 5.71. The van der Waals surface area contributed by atoms with E-state index in [4.69, 9.17) is 5.11 Å². The van der Waals surface area contributed by atoms with Crippen LogP contribution in [0, 0.1) is 0 Å². The van der Waals surface area contributed by atoms with E-state index in [-0.39, 0.29) is 5.75 Å². The topological polar surface area (TPSA) is 92.7 Å². The summed E-state index contributed by atoms with van der Waals surface area (Å²) in [5, 5.41) is 8.79. The summed E-state index contributed by atoms with van der Waals surface area (Å²) in [4.78, 5) is 11.0. The van der Waals surface area contributed by atoms with E-state index in [0.717, 1.165) is 13.5 Å². The summed E-state index contributed by atoms with van der Waals surface area (Å²) < 4.78 is 29.1. The second kappa shape index (κ2) is 6.76. The SMILES string of the molecule is CCCCS(=O)(=O)N[C@H](CO)C(=O)OC. The molecule has 15 heavy (non-hydrogen) atoms. The van der Waals surface area contributed by atoms with E-state index >= 15 is 0 Å². The van der Waals surface area contributed by atoms with E-state index in [9.17, 15) is 13.2 Å². The van der Waals surface area contributed by atoms with Crippen LogP contribution in [0.4, 0.5) is 0 Å². The van der Waals surface area contributed by atoms with Gasteiger partial charge in [0.1, 0.15) is 6.04 Å². The van der Waals surface area contributed by atoms with Gasteiger partial charge in [0.25, 0.3) is 0 Å². The number of carbonyl (C=O) groups excluding carboxylic acids is 1. The van der Waals surface area contributed by atoms with Gasteiger partial charge in [0.2, 0.25) is 10.0 Å². The molecule has 0 spiro atoms. The summed E-state index contributed by atoms with van der Waals surface area (Å²) in [6.45, 7) is 1.25. The standard InChI is InChI=1S/C8H17NO5S/c1-3-4-5-15(12,13)9-7(6-10)8(11)14-2/h7,9-10H,3-6H2,1-2H3/t7-/m1/s1. The molecule has 0 fully saturated rings. The molecule has 0 aromatic carbocycles. The predicted molar refractivity (Wildman–Crippen MR) is 54.7 cm³/mol. The molecule has 0 aliphatic carbocycles. The number of unbranched alkanes of at least 4 members (excludes halogenated alkanes) is 1. The Kier molecular flexibility index (Phi) is 6.46. The molecule has 0 aromatic heterocycles. The maximum Gasteiger partial charge on any atom is 0.326 e. The van der Waals surface area contributed by atoms with Crippen LogP contribution in [0.25, 0.3) is 0 Å². The van der Waals surface area contributed by atoms with Crippen molar-refractivity contribution >= 4 is 16.0 Å². The summed E-state index contributed by atoms with van der Waals surface area (Å²) in [6, 6.07) is -1.21. The first-order chi connectivity index (χ1) is 6.96. The fraction of sp³-hybridized carbons (Fsp3) is 0.875.